The summed E-state index contributed by atoms with van der Waals surface area (Å²) >= 11 is 0. The van der Waals surface area contributed by atoms with Crippen LogP contribution in [0.3, 0.4) is 0 Å². The largest absolute Gasteiger partial charge is 0.481 e. The molecule has 1 atom stereocenters. The molecule has 1 saturated heterocycles. The zero-order chi connectivity index (χ0) is 20.7. The van der Waals surface area contributed by atoms with E-state index >= 15 is 0 Å². The van der Waals surface area contributed by atoms with E-state index in [9.17, 15) is 9.18 Å². The Morgan fingerprint density at radius 3 is 2.67 bits per heavy atom. The number of aromatic nitrogens is 4. The van der Waals surface area contributed by atoms with Crippen LogP contribution >= 0.6 is 0 Å². The lowest BCUT2D eigenvalue weighted by atomic mass is 10.2. The zero-order valence-electron chi connectivity index (χ0n) is 16.7. The van der Waals surface area contributed by atoms with E-state index in [1.165, 1.54) is 12.1 Å². The predicted molar refractivity (Wildman–Crippen MR) is 108 cm³/mol. The van der Waals surface area contributed by atoms with Gasteiger partial charge in [-0.25, -0.2) is 4.39 Å². The molecule has 0 radical (unpaired) electrons. The van der Waals surface area contributed by atoms with Gasteiger partial charge < -0.3 is 14.5 Å². The summed E-state index contributed by atoms with van der Waals surface area (Å²) in [4.78, 5) is 16.7. The molecule has 2 fully saturated rings. The Bertz CT molecular complexity index is 1070. The Hall–Kier alpha value is -3.23. The number of halogens is 1. The summed E-state index contributed by atoms with van der Waals surface area (Å²) in [7, 11) is 0. The Labute approximate surface area is 173 Å². The first kappa shape index (κ1) is 18.8. The number of hydrogen-bond donors (Lipinski definition) is 0. The van der Waals surface area contributed by atoms with E-state index in [2.05, 4.69) is 15.1 Å². The average Bonchev–Trinajstić information content (AvgIpc) is 3.52. The van der Waals surface area contributed by atoms with Gasteiger partial charge in [-0.2, -0.15) is 4.52 Å². The summed E-state index contributed by atoms with van der Waals surface area (Å²) in [6.45, 7) is 4.20. The van der Waals surface area contributed by atoms with Crippen LogP contribution in [0.2, 0.25) is 0 Å². The summed E-state index contributed by atoms with van der Waals surface area (Å²) in [6, 6.07) is 9.73. The Balaban J connectivity index is 1.22. The molecule has 3 aromatic rings. The van der Waals surface area contributed by atoms with Crippen molar-refractivity contribution in [2.24, 2.45) is 0 Å². The molecule has 9 heteroatoms. The van der Waals surface area contributed by atoms with E-state index < -0.39 is 6.10 Å². The minimum absolute atomic E-state index is 0.0999. The molecule has 2 aromatic heterocycles. The fourth-order valence-electron chi connectivity index (χ4n) is 3.77. The third-order valence-electron chi connectivity index (χ3n) is 5.59. The number of fused-ring (bicyclic) bond motifs is 1. The van der Waals surface area contributed by atoms with Gasteiger partial charge in [-0.3, -0.25) is 4.79 Å². The van der Waals surface area contributed by atoms with Crippen molar-refractivity contribution in [3.63, 3.8) is 0 Å². The fraction of sp³-hybridized carbons (Fsp3) is 0.429. The molecular formula is C21H23FN6O2. The summed E-state index contributed by atoms with van der Waals surface area (Å²) < 4.78 is 20.8. The van der Waals surface area contributed by atoms with Crippen molar-refractivity contribution in [2.45, 2.75) is 31.8 Å². The first-order chi connectivity index (χ1) is 14.6. The number of carbonyl (C=O) groups excluding carboxylic acids is 1. The van der Waals surface area contributed by atoms with E-state index in [-0.39, 0.29) is 11.7 Å². The number of nitrogens with zero attached hydrogens (tertiary/aromatic N) is 6. The van der Waals surface area contributed by atoms with Gasteiger partial charge in [0.1, 0.15) is 17.4 Å². The highest BCUT2D eigenvalue weighted by molar-refractivity contribution is 5.81. The van der Waals surface area contributed by atoms with E-state index in [0.29, 0.717) is 37.8 Å². The lowest BCUT2D eigenvalue weighted by Gasteiger charge is -2.36. The van der Waals surface area contributed by atoms with Crippen molar-refractivity contribution in [1.82, 2.24) is 24.7 Å². The highest BCUT2D eigenvalue weighted by Gasteiger charge is 2.30. The minimum Gasteiger partial charge on any atom is -0.481 e. The van der Waals surface area contributed by atoms with Gasteiger partial charge in [0.25, 0.3) is 5.91 Å². The fourth-order valence-corrected chi connectivity index (χ4v) is 3.77. The maximum absolute atomic E-state index is 13.3. The van der Waals surface area contributed by atoms with Gasteiger partial charge in [0, 0.05) is 38.2 Å². The minimum atomic E-state index is -0.675. The molecule has 1 aliphatic carbocycles. The van der Waals surface area contributed by atoms with Crippen molar-refractivity contribution in [1.29, 1.82) is 0 Å². The van der Waals surface area contributed by atoms with Gasteiger partial charge in [0.05, 0.1) is 0 Å². The highest BCUT2D eigenvalue weighted by Crippen LogP contribution is 2.38. The monoisotopic (exact) mass is 410 g/mol. The molecule has 1 aliphatic heterocycles. The topological polar surface area (TPSA) is 75.9 Å². The molecule has 0 bridgehead atoms. The van der Waals surface area contributed by atoms with Crippen molar-refractivity contribution >= 4 is 17.4 Å². The smallest absolute Gasteiger partial charge is 0.263 e. The third kappa shape index (κ3) is 3.67. The van der Waals surface area contributed by atoms with Crippen LogP contribution in [0.25, 0.3) is 5.65 Å². The van der Waals surface area contributed by atoms with Gasteiger partial charge >= 0.3 is 0 Å². The second-order valence-corrected chi connectivity index (χ2v) is 7.82. The third-order valence-corrected chi connectivity index (χ3v) is 5.59. The molecule has 156 valence electrons. The Morgan fingerprint density at radius 1 is 1.13 bits per heavy atom. The number of carbonyl (C=O) groups is 1. The van der Waals surface area contributed by atoms with Gasteiger partial charge in [-0.05, 0) is 44.0 Å². The molecule has 1 unspecified atom stereocenters. The molecule has 1 aromatic carbocycles. The van der Waals surface area contributed by atoms with Crippen LogP contribution in [-0.4, -0.2) is 62.9 Å². The molecule has 1 amide bonds. The predicted octanol–water partition coefficient (Wildman–Crippen LogP) is 2.26. The molecule has 0 N–H and O–H groups in total. The molecule has 1 saturated carbocycles. The van der Waals surface area contributed by atoms with E-state index in [1.54, 1.807) is 24.0 Å². The van der Waals surface area contributed by atoms with Crippen LogP contribution in [0.1, 0.15) is 31.5 Å². The summed E-state index contributed by atoms with van der Waals surface area (Å²) in [5.41, 5.74) is 0.762. The lowest BCUT2D eigenvalue weighted by Crippen LogP contribution is -2.52. The standard InChI is InChI=1S/C21H23FN6O2/c1-14(30-17-4-2-3-16(22)13-17)21(29)27-11-9-26(10-12-27)19-8-7-18-23-24-20(15-5-6-15)28(18)25-19/h2-4,7-8,13-15H,5-6,9-12H2,1H3. The summed E-state index contributed by atoms with van der Waals surface area (Å²) in [5.74, 6) is 2.13. The van der Waals surface area contributed by atoms with Crippen molar-refractivity contribution < 1.29 is 13.9 Å². The summed E-state index contributed by atoms with van der Waals surface area (Å²) in [5, 5.41) is 13.2. The average molecular weight is 410 g/mol. The number of rotatable bonds is 5. The normalized spacial score (nSPS) is 17.9. The van der Waals surface area contributed by atoms with Gasteiger partial charge in [0.2, 0.25) is 0 Å². The molecule has 5 rings (SSSR count). The SMILES string of the molecule is CC(Oc1cccc(F)c1)C(=O)N1CCN(c2ccc3nnc(C4CC4)n3n2)CC1. The van der Waals surface area contributed by atoms with E-state index in [4.69, 9.17) is 9.84 Å². The van der Waals surface area contributed by atoms with Crippen LogP contribution in [0.5, 0.6) is 5.75 Å². The molecule has 3 heterocycles. The first-order valence-electron chi connectivity index (χ1n) is 10.3. The van der Waals surface area contributed by atoms with Crippen LogP contribution in [0, 0.1) is 5.82 Å². The van der Waals surface area contributed by atoms with Crippen LogP contribution < -0.4 is 9.64 Å². The number of benzene rings is 1. The second-order valence-electron chi connectivity index (χ2n) is 7.82. The Kier molecular flexibility index (Phi) is 4.72. The number of anilines is 1. The molecule has 30 heavy (non-hydrogen) atoms. The van der Waals surface area contributed by atoms with E-state index in [0.717, 1.165) is 30.1 Å². The highest BCUT2D eigenvalue weighted by atomic mass is 19.1. The van der Waals surface area contributed by atoms with Crippen LogP contribution in [0.4, 0.5) is 10.2 Å². The van der Waals surface area contributed by atoms with Crippen LogP contribution in [0.15, 0.2) is 36.4 Å². The maximum atomic E-state index is 13.3. The summed E-state index contributed by atoms with van der Waals surface area (Å²) in [6.07, 6.45) is 1.61. The maximum Gasteiger partial charge on any atom is 0.263 e. The Morgan fingerprint density at radius 2 is 1.93 bits per heavy atom. The number of hydrogen-bond acceptors (Lipinski definition) is 6. The number of piperazine rings is 1. The number of amides is 1. The zero-order valence-corrected chi connectivity index (χ0v) is 16.7. The molecule has 2 aliphatic rings. The van der Waals surface area contributed by atoms with Gasteiger partial charge in [-0.15, -0.1) is 15.3 Å². The van der Waals surface area contributed by atoms with E-state index in [1.807, 2.05) is 16.6 Å². The second kappa shape index (κ2) is 7.55. The molecule has 8 nitrogen and oxygen atoms in total. The number of ether oxygens (including phenoxy) is 1. The van der Waals surface area contributed by atoms with Crippen molar-refractivity contribution in [3.05, 3.63) is 48.0 Å². The van der Waals surface area contributed by atoms with Crippen molar-refractivity contribution in [3.8, 4) is 5.75 Å². The first-order valence-corrected chi connectivity index (χ1v) is 10.3. The quantitative estimate of drug-likeness (QED) is 0.642. The molecular weight excluding hydrogens is 387 g/mol. The molecule has 0 spiro atoms. The van der Waals surface area contributed by atoms with Gasteiger partial charge in [-0.1, -0.05) is 6.07 Å². The lowest BCUT2D eigenvalue weighted by molar-refractivity contribution is -0.138. The van der Waals surface area contributed by atoms with Gasteiger partial charge in [0.15, 0.2) is 17.6 Å². The van der Waals surface area contributed by atoms with Crippen LogP contribution in [-0.2, 0) is 4.79 Å². The van der Waals surface area contributed by atoms with Crippen molar-refractivity contribution in [2.75, 3.05) is 31.1 Å².